The summed E-state index contributed by atoms with van der Waals surface area (Å²) in [7, 11) is -5.53. The monoisotopic (exact) mass is 468 g/mol. The Bertz CT molecular complexity index is 1180. The highest BCUT2D eigenvalue weighted by Crippen LogP contribution is 2.50. The fraction of sp³-hybridized carbons (Fsp3) is 0.350. The molecule has 4 rings (SSSR count). The number of nitrogens with zero attached hydrogens (tertiary/aromatic N) is 3. The average molecular weight is 468 g/mol. The predicted octanol–water partition coefficient (Wildman–Crippen LogP) is 3.31. The second kappa shape index (κ2) is 7.47. The quantitative estimate of drug-likeness (QED) is 0.653. The van der Waals surface area contributed by atoms with E-state index in [-0.39, 0.29) is 12.2 Å². The molecule has 8 nitrogen and oxygen atoms in total. The summed E-state index contributed by atoms with van der Waals surface area (Å²) in [6, 6.07) is 4.68. The Labute approximate surface area is 181 Å². The molecule has 0 unspecified atom stereocenters. The number of carbonyl (C=O) groups is 2. The van der Waals surface area contributed by atoms with Gasteiger partial charge in [0.25, 0.3) is 15.7 Å². The van der Waals surface area contributed by atoms with Gasteiger partial charge in [0.15, 0.2) is 0 Å². The first-order valence-corrected chi connectivity index (χ1v) is 11.3. The van der Waals surface area contributed by atoms with E-state index in [0.29, 0.717) is 19.4 Å². The molecule has 1 saturated carbocycles. The van der Waals surface area contributed by atoms with Crippen LogP contribution >= 0.6 is 0 Å². The SMILES string of the molecule is CCNc1cnccc1CN1C(=O)N(c2ccc(S(=O)(=O)C(F)(F)F)cc2)C(=O)C12CC2. The van der Waals surface area contributed by atoms with E-state index in [9.17, 15) is 31.2 Å². The second-order valence-corrected chi connectivity index (χ2v) is 9.49. The maximum Gasteiger partial charge on any atom is 0.501 e. The van der Waals surface area contributed by atoms with Crippen molar-refractivity contribution in [1.29, 1.82) is 0 Å². The lowest BCUT2D eigenvalue weighted by atomic mass is 10.1. The lowest BCUT2D eigenvalue weighted by Gasteiger charge is -2.22. The summed E-state index contributed by atoms with van der Waals surface area (Å²) in [6.07, 6.45) is 4.14. The molecule has 1 aromatic heterocycles. The minimum Gasteiger partial charge on any atom is -0.384 e. The van der Waals surface area contributed by atoms with Crippen LogP contribution in [0.1, 0.15) is 25.3 Å². The Hall–Kier alpha value is -3.15. The molecule has 170 valence electrons. The number of hydrogen-bond donors (Lipinski definition) is 1. The van der Waals surface area contributed by atoms with Crippen molar-refractivity contribution >= 4 is 33.2 Å². The van der Waals surface area contributed by atoms with Crippen LogP contribution in [0.5, 0.6) is 0 Å². The molecule has 2 aliphatic rings. The Morgan fingerprint density at radius 3 is 2.34 bits per heavy atom. The summed E-state index contributed by atoms with van der Waals surface area (Å²) in [5.41, 5.74) is -4.94. The van der Waals surface area contributed by atoms with E-state index in [1.165, 1.54) is 4.90 Å². The van der Waals surface area contributed by atoms with Crippen LogP contribution in [-0.4, -0.2) is 47.8 Å². The number of urea groups is 1. The third-order valence-corrected chi connectivity index (χ3v) is 7.08. The van der Waals surface area contributed by atoms with Gasteiger partial charge in [-0.05, 0) is 55.7 Å². The van der Waals surface area contributed by atoms with E-state index in [1.54, 1.807) is 18.5 Å². The van der Waals surface area contributed by atoms with Gasteiger partial charge in [-0.2, -0.15) is 13.2 Å². The van der Waals surface area contributed by atoms with Gasteiger partial charge in [0.2, 0.25) is 0 Å². The van der Waals surface area contributed by atoms with E-state index >= 15 is 0 Å². The van der Waals surface area contributed by atoms with Gasteiger partial charge in [0.1, 0.15) is 5.54 Å². The fourth-order valence-electron chi connectivity index (χ4n) is 3.75. The Morgan fingerprint density at radius 2 is 1.78 bits per heavy atom. The van der Waals surface area contributed by atoms with E-state index < -0.39 is 37.7 Å². The maximum absolute atomic E-state index is 13.2. The first-order valence-electron chi connectivity index (χ1n) is 9.77. The number of halogens is 3. The molecule has 2 fully saturated rings. The van der Waals surface area contributed by atoms with Crippen LogP contribution in [0, 0.1) is 0 Å². The van der Waals surface area contributed by atoms with Crippen LogP contribution in [-0.2, 0) is 21.2 Å². The van der Waals surface area contributed by atoms with Crippen LogP contribution in [0.15, 0.2) is 47.6 Å². The number of pyridine rings is 1. The zero-order valence-electron chi connectivity index (χ0n) is 16.9. The van der Waals surface area contributed by atoms with Gasteiger partial charge in [-0.25, -0.2) is 18.1 Å². The lowest BCUT2D eigenvalue weighted by molar-refractivity contribution is -0.120. The number of anilines is 2. The molecular formula is C20H19F3N4O4S. The van der Waals surface area contributed by atoms with Gasteiger partial charge < -0.3 is 10.2 Å². The van der Waals surface area contributed by atoms with Gasteiger partial charge in [0.05, 0.1) is 29.0 Å². The summed E-state index contributed by atoms with van der Waals surface area (Å²) in [6.45, 7) is 2.69. The molecule has 3 amide bonds. The maximum atomic E-state index is 13.2. The fourth-order valence-corrected chi connectivity index (χ4v) is 4.51. The number of benzene rings is 1. The molecule has 2 heterocycles. The van der Waals surface area contributed by atoms with Crippen LogP contribution in [0.3, 0.4) is 0 Å². The lowest BCUT2D eigenvalue weighted by Crippen LogP contribution is -2.36. The average Bonchev–Trinajstić information content (AvgIpc) is 3.51. The van der Waals surface area contributed by atoms with Crippen molar-refractivity contribution in [2.24, 2.45) is 0 Å². The summed E-state index contributed by atoms with van der Waals surface area (Å²) < 4.78 is 61.5. The van der Waals surface area contributed by atoms with Crippen molar-refractivity contribution < 1.29 is 31.2 Å². The zero-order chi connectivity index (χ0) is 23.3. The van der Waals surface area contributed by atoms with Crippen molar-refractivity contribution in [1.82, 2.24) is 9.88 Å². The van der Waals surface area contributed by atoms with E-state index in [2.05, 4.69) is 10.3 Å². The highest BCUT2D eigenvalue weighted by Gasteiger charge is 2.65. The predicted molar refractivity (Wildman–Crippen MR) is 108 cm³/mol. The molecule has 32 heavy (non-hydrogen) atoms. The third kappa shape index (κ3) is 3.38. The van der Waals surface area contributed by atoms with Crippen LogP contribution < -0.4 is 10.2 Å². The first kappa shape index (κ1) is 22.1. The molecule has 1 aliphatic heterocycles. The number of alkyl halides is 3. The Kier molecular flexibility index (Phi) is 5.15. The molecule has 0 atom stereocenters. The molecule has 1 aromatic carbocycles. The van der Waals surface area contributed by atoms with Crippen molar-refractivity contribution in [3.63, 3.8) is 0 Å². The van der Waals surface area contributed by atoms with Gasteiger partial charge in [-0.3, -0.25) is 9.78 Å². The van der Waals surface area contributed by atoms with E-state index in [0.717, 1.165) is 40.4 Å². The number of amides is 3. The van der Waals surface area contributed by atoms with E-state index in [1.807, 2.05) is 6.92 Å². The normalized spacial score (nSPS) is 17.9. The standard InChI is InChI=1S/C20H19F3N4O4S/c1-2-25-16-11-24-10-7-13(16)12-26-18(29)27(17(28)19(26)8-9-19)14-3-5-15(6-4-14)32(30,31)20(21,22)23/h3-7,10-11,25H,2,8-9,12H2,1H3. The van der Waals surface area contributed by atoms with E-state index in [4.69, 9.17) is 0 Å². The Balaban J connectivity index is 1.64. The second-order valence-electron chi connectivity index (χ2n) is 7.55. The summed E-state index contributed by atoms with van der Waals surface area (Å²) in [5, 5.41) is 3.15. The topological polar surface area (TPSA) is 99.7 Å². The van der Waals surface area contributed by atoms with Crippen molar-refractivity contribution in [2.75, 3.05) is 16.8 Å². The number of rotatable bonds is 6. The molecule has 1 saturated heterocycles. The van der Waals surface area contributed by atoms with Gasteiger partial charge >= 0.3 is 11.5 Å². The molecule has 1 spiro atoms. The molecular weight excluding hydrogens is 449 g/mol. The number of nitrogens with one attached hydrogen (secondary N) is 1. The largest absolute Gasteiger partial charge is 0.501 e. The minimum atomic E-state index is -5.53. The number of hydrogen-bond acceptors (Lipinski definition) is 6. The van der Waals surface area contributed by atoms with Gasteiger partial charge in [0, 0.05) is 12.7 Å². The highest BCUT2D eigenvalue weighted by molar-refractivity contribution is 7.92. The van der Waals surface area contributed by atoms with Crippen LogP contribution in [0.4, 0.5) is 29.3 Å². The summed E-state index contributed by atoms with van der Waals surface area (Å²) in [5.74, 6) is -0.479. The smallest absolute Gasteiger partial charge is 0.384 e. The molecule has 12 heteroatoms. The molecule has 0 bridgehead atoms. The van der Waals surface area contributed by atoms with Gasteiger partial charge in [-0.15, -0.1) is 0 Å². The number of sulfone groups is 1. The summed E-state index contributed by atoms with van der Waals surface area (Å²) >= 11 is 0. The van der Waals surface area contributed by atoms with Crippen LogP contribution in [0.2, 0.25) is 0 Å². The minimum absolute atomic E-state index is 0.0107. The zero-order valence-corrected chi connectivity index (χ0v) is 17.7. The number of carbonyl (C=O) groups excluding carboxylic acids is 2. The molecule has 0 radical (unpaired) electrons. The van der Waals surface area contributed by atoms with Crippen molar-refractivity contribution in [3.8, 4) is 0 Å². The Morgan fingerprint density at radius 1 is 1.12 bits per heavy atom. The number of aromatic nitrogens is 1. The van der Waals surface area contributed by atoms with Crippen molar-refractivity contribution in [3.05, 3.63) is 48.3 Å². The summed E-state index contributed by atoms with van der Waals surface area (Å²) in [4.78, 5) is 31.7. The third-order valence-electron chi connectivity index (χ3n) is 5.58. The molecule has 1 aliphatic carbocycles. The highest BCUT2D eigenvalue weighted by atomic mass is 32.2. The first-order chi connectivity index (χ1) is 15.0. The molecule has 1 N–H and O–H groups in total. The molecule has 2 aromatic rings. The van der Waals surface area contributed by atoms with Crippen LogP contribution in [0.25, 0.3) is 0 Å². The number of imide groups is 1. The van der Waals surface area contributed by atoms with Crippen molar-refractivity contribution in [2.45, 2.75) is 42.3 Å². The van der Waals surface area contributed by atoms with Gasteiger partial charge in [-0.1, -0.05) is 0 Å².